The summed E-state index contributed by atoms with van der Waals surface area (Å²) in [5.41, 5.74) is 0.318. The Hall–Kier alpha value is -2.10. The van der Waals surface area contributed by atoms with Crippen LogP contribution in [0.2, 0.25) is 5.15 Å². The maximum absolute atomic E-state index is 13.7. The number of aromatic nitrogens is 3. The Balaban J connectivity index is 1.84. The molecule has 0 saturated carbocycles. The molecule has 9 nitrogen and oxygen atoms in total. The van der Waals surface area contributed by atoms with Gasteiger partial charge in [-0.15, -0.1) is 0 Å². The number of halogens is 3. The lowest BCUT2D eigenvalue weighted by atomic mass is 10.1. The molecule has 0 aromatic carbocycles. The van der Waals surface area contributed by atoms with Crippen LogP contribution in [-0.2, 0) is 4.74 Å². The van der Waals surface area contributed by atoms with Crippen LogP contribution in [0.4, 0.5) is 14.5 Å². The average Bonchev–Trinajstić information content (AvgIpc) is 3.30. The van der Waals surface area contributed by atoms with Crippen molar-refractivity contribution in [3.8, 4) is 6.07 Å². The van der Waals surface area contributed by atoms with Crippen LogP contribution < -0.4 is 4.90 Å². The van der Waals surface area contributed by atoms with Crippen molar-refractivity contribution in [2.24, 2.45) is 0 Å². The number of hydrogen-bond donors (Lipinski definition) is 3. The van der Waals surface area contributed by atoms with Gasteiger partial charge in [-0.05, 0) is 0 Å². The van der Waals surface area contributed by atoms with Crippen LogP contribution in [0.5, 0.6) is 0 Å². The van der Waals surface area contributed by atoms with Crippen molar-refractivity contribution in [3.05, 3.63) is 17.0 Å². The summed E-state index contributed by atoms with van der Waals surface area (Å²) >= 11 is 6.13. The minimum absolute atomic E-state index is 0.0117. The Morgan fingerprint density at radius 3 is 2.71 bits per heavy atom. The van der Waals surface area contributed by atoms with Gasteiger partial charge in [0.05, 0.1) is 25.2 Å². The van der Waals surface area contributed by atoms with Crippen molar-refractivity contribution in [3.63, 3.8) is 0 Å². The summed E-state index contributed by atoms with van der Waals surface area (Å²) in [6.07, 6.45) is -3.96. The third kappa shape index (κ3) is 2.89. The molecular formula is C16H16ClF2N5O4. The Labute approximate surface area is 162 Å². The summed E-state index contributed by atoms with van der Waals surface area (Å²) in [6, 6.07) is 1.89. The zero-order chi connectivity index (χ0) is 20.2. The van der Waals surface area contributed by atoms with Crippen LogP contribution in [-0.4, -0.2) is 73.8 Å². The molecule has 2 fully saturated rings. The molecule has 2 aromatic heterocycles. The summed E-state index contributed by atoms with van der Waals surface area (Å²) in [6.45, 7) is -1.09. The third-order valence-corrected chi connectivity index (χ3v) is 5.30. The standard InChI is InChI=1S/C16H16ClF2N5O4/c17-13-7(3-20)10(23-2-1-16(18,19)5-23)9-14(22-13)24(6-21-9)15-12(27)11(26)8(4-25)28-15/h6,8,11-12,15,25-27H,1-2,4-5H2/t8-,11+,12+,15+/m0/s1. The fraction of sp³-hybridized carbons (Fsp3) is 0.562. The highest BCUT2D eigenvalue weighted by molar-refractivity contribution is 6.31. The number of aliphatic hydroxyl groups is 3. The maximum atomic E-state index is 13.7. The van der Waals surface area contributed by atoms with E-state index in [0.29, 0.717) is 0 Å². The van der Waals surface area contributed by atoms with Crippen LogP contribution >= 0.6 is 11.6 Å². The SMILES string of the molecule is N#Cc1c(Cl)nc2c(ncn2[C@@H]2O[C@@H](CO)[C@@H](O)[C@H]2O)c1N1CCC(F)(F)C1. The first-order valence-corrected chi connectivity index (χ1v) is 8.86. The topological polar surface area (TPSA) is 128 Å². The van der Waals surface area contributed by atoms with Gasteiger partial charge < -0.3 is 25.0 Å². The summed E-state index contributed by atoms with van der Waals surface area (Å²) in [5, 5.41) is 38.7. The van der Waals surface area contributed by atoms with Crippen LogP contribution in [0.3, 0.4) is 0 Å². The van der Waals surface area contributed by atoms with Gasteiger partial charge >= 0.3 is 0 Å². The van der Waals surface area contributed by atoms with E-state index in [2.05, 4.69) is 9.97 Å². The van der Waals surface area contributed by atoms with E-state index in [-0.39, 0.29) is 40.5 Å². The molecule has 150 valence electrons. The van der Waals surface area contributed by atoms with Gasteiger partial charge in [-0.1, -0.05) is 11.6 Å². The highest BCUT2D eigenvalue weighted by atomic mass is 35.5. The van der Waals surface area contributed by atoms with Crippen LogP contribution in [0, 0.1) is 11.3 Å². The van der Waals surface area contributed by atoms with Crippen LogP contribution in [0.15, 0.2) is 6.33 Å². The number of rotatable bonds is 3. The first-order valence-electron chi connectivity index (χ1n) is 8.49. The Bertz CT molecular complexity index is 965. The number of ether oxygens (including phenoxy) is 1. The van der Waals surface area contributed by atoms with Crippen molar-refractivity contribution in [1.82, 2.24) is 14.5 Å². The monoisotopic (exact) mass is 415 g/mol. The van der Waals surface area contributed by atoms with Gasteiger partial charge in [-0.3, -0.25) is 4.57 Å². The van der Waals surface area contributed by atoms with Crippen LogP contribution in [0.25, 0.3) is 11.2 Å². The summed E-state index contributed by atoms with van der Waals surface area (Å²) in [4.78, 5) is 9.64. The summed E-state index contributed by atoms with van der Waals surface area (Å²) < 4.78 is 34.2. The number of anilines is 1. The second-order valence-corrected chi connectivity index (χ2v) is 7.18. The van der Waals surface area contributed by atoms with E-state index in [4.69, 9.17) is 16.3 Å². The minimum Gasteiger partial charge on any atom is -0.394 e. The molecule has 2 aliphatic heterocycles. The maximum Gasteiger partial charge on any atom is 0.266 e. The van der Waals surface area contributed by atoms with E-state index in [1.165, 1.54) is 15.8 Å². The van der Waals surface area contributed by atoms with Crippen molar-refractivity contribution in [2.75, 3.05) is 24.6 Å². The molecule has 4 rings (SSSR count). The number of nitriles is 1. The van der Waals surface area contributed by atoms with Gasteiger partial charge in [0.15, 0.2) is 17.0 Å². The molecule has 0 spiro atoms. The second kappa shape index (κ2) is 6.75. The van der Waals surface area contributed by atoms with E-state index < -0.39 is 43.6 Å². The van der Waals surface area contributed by atoms with Crippen molar-refractivity contribution >= 4 is 28.5 Å². The molecule has 2 saturated heterocycles. The Kier molecular flexibility index (Phi) is 4.64. The third-order valence-electron chi connectivity index (χ3n) is 5.03. The number of aliphatic hydroxyl groups excluding tert-OH is 3. The molecule has 12 heteroatoms. The van der Waals surface area contributed by atoms with Gasteiger partial charge in [-0.25, -0.2) is 18.7 Å². The van der Waals surface area contributed by atoms with Crippen molar-refractivity contribution < 1.29 is 28.8 Å². The van der Waals surface area contributed by atoms with Crippen LogP contribution in [0.1, 0.15) is 18.2 Å². The zero-order valence-electron chi connectivity index (χ0n) is 14.3. The molecule has 0 aliphatic carbocycles. The molecular weight excluding hydrogens is 400 g/mol. The lowest BCUT2D eigenvalue weighted by molar-refractivity contribution is -0.0511. The van der Waals surface area contributed by atoms with Crippen molar-refractivity contribution in [1.29, 1.82) is 5.26 Å². The molecule has 0 unspecified atom stereocenters. The number of pyridine rings is 1. The Morgan fingerprint density at radius 1 is 1.39 bits per heavy atom. The second-order valence-electron chi connectivity index (χ2n) is 6.82. The van der Waals surface area contributed by atoms with E-state index in [1.807, 2.05) is 6.07 Å². The largest absolute Gasteiger partial charge is 0.394 e. The summed E-state index contributed by atoms with van der Waals surface area (Å²) in [5.74, 6) is -2.90. The molecule has 0 bridgehead atoms. The highest BCUT2D eigenvalue weighted by Crippen LogP contribution is 2.40. The quantitative estimate of drug-likeness (QED) is 0.615. The predicted molar refractivity (Wildman–Crippen MR) is 92.0 cm³/mol. The molecule has 4 heterocycles. The van der Waals surface area contributed by atoms with Gasteiger partial charge in [0, 0.05) is 13.0 Å². The van der Waals surface area contributed by atoms with E-state index in [1.54, 1.807) is 0 Å². The number of hydrogen-bond acceptors (Lipinski definition) is 8. The molecule has 4 atom stereocenters. The van der Waals surface area contributed by atoms with Gasteiger partial charge in [0.2, 0.25) is 0 Å². The molecule has 28 heavy (non-hydrogen) atoms. The number of fused-ring (bicyclic) bond motifs is 1. The van der Waals surface area contributed by atoms with Gasteiger partial charge in [0.1, 0.15) is 35.5 Å². The number of alkyl halides is 2. The lowest BCUT2D eigenvalue weighted by Crippen LogP contribution is -2.33. The average molecular weight is 416 g/mol. The first kappa shape index (κ1) is 19.2. The molecule has 3 N–H and O–H groups in total. The summed E-state index contributed by atoms with van der Waals surface area (Å²) in [7, 11) is 0. The highest BCUT2D eigenvalue weighted by Gasteiger charge is 2.45. The smallest absolute Gasteiger partial charge is 0.266 e. The molecule has 0 amide bonds. The van der Waals surface area contributed by atoms with Gasteiger partial charge in [0.25, 0.3) is 5.92 Å². The Morgan fingerprint density at radius 2 is 2.14 bits per heavy atom. The first-order chi connectivity index (χ1) is 13.3. The zero-order valence-corrected chi connectivity index (χ0v) is 15.1. The van der Waals surface area contributed by atoms with E-state index >= 15 is 0 Å². The molecule has 2 aliphatic rings. The van der Waals surface area contributed by atoms with Gasteiger partial charge in [-0.2, -0.15) is 5.26 Å². The molecule has 0 radical (unpaired) electrons. The lowest BCUT2D eigenvalue weighted by Gasteiger charge is -2.21. The van der Waals surface area contributed by atoms with Crippen molar-refractivity contribution in [2.45, 2.75) is 36.9 Å². The number of imidazole rings is 1. The van der Waals surface area contributed by atoms with E-state index in [0.717, 1.165) is 0 Å². The normalized spacial score (nSPS) is 29.5. The fourth-order valence-corrected chi connectivity index (χ4v) is 3.84. The minimum atomic E-state index is -2.90. The fourth-order valence-electron chi connectivity index (χ4n) is 3.63. The number of nitrogens with zero attached hydrogens (tertiary/aromatic N) is 5. The predicted octanol–water partition coefficient (Wildman–Crippen LogP) is 0.413. The van der Waals surface area contributed by atoms with E-state index in [9.17, 15) is 29.4 Å². The molecule has 2 aromatic rings.